The van der Waals surface area contributed by atoms with Crippen molar-refractivity contribution < 1.29 is 9.90 Å². The topological polar surface area (TPSA) is 68.0 Å². The lowest BCUT2D eigenvalue weighted by molar-refractivity contribution is -0.133. The van der Waals surface area contributed by atoms with Crippen LogP contribution in [0.2, 0.25) is 0 Å². The second-order valence-electron chi connectivity index (χ2n) is 5.56. The number of thioether (sulfide) groups is 1. The van der Waals surface area contributed by atoms with Crippen molar-refractivity contribution in [1.82, 2.24) is 14.8 Å². The molecule has 0 aliphatic heterocycles. The monoisotopic (exact) mass is 313 g/mol. The van der Waals surface area contributed by atoms with Gasteiger partial charge in [-0.3, -0.25) is 4.79 Å². The molecule has 0 saturated carbocycles. The third kappa shape index (κ3) is 6.50. The Balaban J connectivity index is 2.51. The summed E-state index contributed by atoms with van der Waals surface area (Å²) < 4.78 is 2.07. The van der Waals surface area contributed by atoms with Gasteiger partial charge in [-0.15, -0.1) is 10.2 Å². The molecule has 0 bridgehead atoms. The molecule has 0 fully saturated rings. The molecule has 1 aromatic heterocycles. The summed E-state index contributed by atoms with van der Waals surface area (Å²) in [5, 5.41) is 17.9. The molecule has 0 saturated heterocycles. The highest BCUT2D eigenvalue weighted by Crippen LogP contribution is 2.22. The van der Waals surface area contributed by atoms with Gasteiger partial charge in [0.25, 0.3) is 0 Å². The maximum absolute atomic E-state index is 10.7. The molecule has 1 aromatic rings. The van der Waals surface area contributed by atoms with Crippen LogP contribution in [0.15, 0.2) is 5.16 Å². The van der Waals surface area contributed by atoms with Crippen LogP contribution in [-0.4, -0.2) is 31.6 Å². The van der Waals surface area contributed by atoms with Crippen LogP contribution >= 0.6 is 11.8 Å². The summed E-state index contributed by atoms with van der Waals surface area (Å²) in [4.78, 5) is 10.7. The molecular weight excluding hydrogens is 286 g/mol. The zero-order valence-electron chi connectivity index (χ0n) is 13.3. The van der Waals surface area contributed by atoms with Crippen LogP contribution in [0.3, 0.4) is 0 Å². The fraction of sp³-hybridized carbons (Fsp3) is 0.800. The third-order valence-corrected chi connectivity index (χ3v) is 4.26. The molecular formula is C15H27N3O2S. The highest BCUT2D eigenvalue weighted by atomic mass is 32.2. The Bertz CT molecular complexity index is 433. The van der Waals surface area contributed by atoms with Gasteiger partial charge in [0.2, 0.25) is 0 Å². The van der Waals surface area contributed by atoms with E-state index in [4.69, 9.17) is 5.11 Å². The van der Waals surface area contributed by atoms with Gasteiger partial charge in [-0.25, -0.2) is 0 Å². The van der Waals surface area contributed by atoms with E-state index in [1.807, 2.05) is 0 Å². The van der Waals surface area contributed by atoms with Gasteiger partial charge in [0, 0.05) is 12.5 Å². The molecule has 0 radical (unpaired) electrons. The van der Waals surface area contributed by atoms with E-state index in [2.05, 4.69) is 35.5 Å². The van der Waals surface area contributed by atoms with Crippen LogP contribution in [0.1, 0.15) is 71.2 Å². The van der Waals surface area contributed by atoms with Crippen molar-refractivity contribution in [2.45, 2.75) is 76.9 Å². The lowest BCUT2D eigenvalue weighted by atomic mass is 10.1. The standard InChI is InChI=1S/C15H27N3O2S/c1-4-5-6-7-8-9-10-13-16-17-15(18(13)12(2)3)21-11-14(19)20/h12H,4-11H2,1-3H3,(H,19,20). The predicted octanol–water partition coefficient (Wildman–Crippen LogP) is 3.94. The number of carbonyl (C=O) groups is 1. The van der Waals surface area contributed by atoms with Crippen molar-refractivity contribution in [3.63, 3.8) is 0 Å². The van der Waals surface area contributed by atoms with E-state index in [9.17, 15) is 4.79 Å². The minimum absolute atomic E-state index is 0.0296. The predicted molar refractivity (Wildman–Crippen MR) is 85.8 cm³/mol. The van der Waals surface area contributed by atoms with Crippen LogP contribution in [0, 0.1) is 0 Å². The van der Waals surface area contributed by atoms with Crippen LogP contribution in [-0.2, 0) is 11.2 Å². The van der Waals surface area contributed by atoms with Crippen LogP contribution in [0.5, 0.6) is 0 Å². The molecule has 0 amide bonds. The summed E-state index contributed by atoms with van der Waals surface area (Å²) in [7, 11) is 0. The maximum Gasteiger partial charge on any atom is 0.313 e. The van der Waals surface area contributed by atoms with Crippen molar-refractivity contribution in [2.75, 3.05) is 5.75 Å². The Morgan fingerprint density at radius 3 is 2.48 bits per heavy atom. The smallest absolute Gasteiger partial charge is 0.313 e. The second kappa shape index (κ2) is 9.82. The first kappa shape index (κ1) is 18.0. The van der Waals surface area contributed by atoms with E-state index in [0.717, 1.165) is 18.7 Å². The number of carboxylic acids is 1. The largest absolute Gasteiger partial charge is 0.481 e. The van der Waals surface area contributed by atoms with Gasteiger partial charge in [0.1, 0.15) is 5.82 Å². The average molecular weight is 313 g/mol. The van der Waals surface area contributed by atoms with E-state index in [1.54, 1.807) is 0 Å². The number of hydrogen-bond donors (Lipinski definition) is 1. The Hall–Kier alpha value is -1.04. The van der Waals surface area contributed by atoms with Crippen molar-refractivity contribution in [3.8, 4) is 0 Å². The van der Waals surface area contributed by atoms with Crippen molar-refractivity contribution in [3.05, 3.63) is 5.82 Å². The highest BCUT2D eigenvalue weighted by molar-refractivity contribution is 7.99. The number of aromatic nitrogens is 3. The quantitative estimate of drug-likeness (QED) is 0.495. The van der Waals surface area contributed by atoms with Gasteiger partial charge in [-0.05, 0) is 20.3 Å². The number of nitrogens with zero attached hydrogens (tertiary/aromatic N) is 3. The van der Waals surface area contributed by atoms with Gasteiger partial charge in [0.05, 0.1) is 5.75 Å². The Morgan fingerprint density at radius 2 is 1.86 bits per heavy atom. The van der Waals surface area contributed by atoms with Gasteiger partial charge < -0.3 is 9.67 Å². The molecule has 0 spiro atoms. The molecule has 0 aliphatic rings. The Labute approximate surface area is 131 Å². The molecule has 6 heteroatoms. The summed E-state index contributed by atoms with van der Waals surface area (Å²) in [6.07, 6.45) is 8.45. The summed E-state index contributed by atoms with van der Waals surface area (Å²) in [6, 6.07) is 0.256. The molecule has 0 aliphatic carbocycles. The third-order valence-electron chi connectivity index (χ3n) is 3.33. The fourth-order valence-corrected chi connectivity index (χ4v) is 3.09. The van der Waals surface area contributed by atoms with Crippen LogP contribution in [0.4, 0.5) is 0 Å². The zero-order valence-corrected chi connectivity index (χ0v) is 14.2. The minimum atomic E-state index is -0.823. The first-order valence-electron chi connectivity index (χ1n) is 7.84. The van der Waals surface area contributed by atoms with Crippen molar-refractivity contribution in [2.24, 2.45) is 0 Å². The fourth-order valence-electron chi connectivity index (χ4n) is 2.28. The summed E-state index contributed by atoms with van der Waals surface area (Å²) in [5.41, 5.74) is 0. The summed E-state index contributed by atoms with van der Waals surface area (Å²) in [6.45, 7) is 6.39. The zero-order chi connectivity index (χ0) is 15.7. The van der Waals surface area contributed by atoms with Gasteiger partial charge in [-0.2, -0.15) is 0 Å². The number of rotatable bonds is 11. The maximum atomic E-state index is 10.7. The van der Waals surface area contributed by atoms with E-state index in [-0.39, 0.29) is 11.8 Å². The summed E-state index contributed by atoms with van der Waals surface area (Å²) in [5.74, 6) is 0.186. The van der Waals surface area contributed by atoms with Crippen molar-refractivity contribution in [1.29, 1.82) is 0 Å². The number of carboxylic acid groups (broad SMARTS) is 1. The molecule has 1 rings (SSSR count). The normalized spacial score (nSPS) is 11.2. The molecule has 0 atom stereocenters. The van der Waals surface area contributed by atoms with Crippen LogP contribution < -0.4 is 0 Å². The van der Waals surface area contributed by atoms with Gasteiger partial charge >= 0.3 is 5.97 Å². The lowest BCUT2D eigenvalue weighted by Gasteiger charge is -2.13. The Kier molecular flexibility index (Phi) is 8.42. The van der Waals surface area contributed by atoms with E-state index in [1.165, 1.54) is 43.9 Å². The molecule has 1 N–H and O–H groups in total. The molecule has 5 nitrogen and oxygen atoms in total. The number of aliphatic carboxylic acids is 1. The van der Waals surface area contributed by atoms with Crippen LogP contribution in [0.25, 0.3) is 0 Å². The van der Waals surface area contributed by atoms with E-state index in [0.29, 0.717) is 5.16 Å². The molecule has 0 aromatic carbocycles. The number of hydrogen-bond acceptors (Lipinski definition) is 4. The highest BCUT2D eigenvalue weighted by Gasteiger charge is 2.15. The van der Waals surface area contributed by atoms with Gasteiger partial charge in [-0.1, -0.05) is 50.8 Å². The lowest BCUT2D eigenvalue weighted by Crippen LogP contribution is -2.09. The number of unbranched alkanes of at least 4 members (excludes halogenated alkanes) is 5. The van der Waals surface area contributed by atoms with Crippen molar-refractivity contribution >= 4 is 17.7 Å². The average Bonchev–Trinajstić information content (AvgIpc) is 2.83. The van der Waals surface area contributed by atoms with Gasteiger partial charge in [0.15, 0.2) is 5.16 Å². The second-order valence-corrected chi connectivity index (χ2v) is 6.51. The SMILES string of the molecule is CCCCCCCCc1nnc(SCC(=O)O)n1C(C)C. The molecule has 120 valence electrons. The molecule has 21 heavy (non-hydrogen) atoms. The number of aryl methyl sites for hydroxylation is 1. The molecule has 1 heterocycles. The minimum Gasteiger partial charge on any atom is -0.481 e. The summed E-state index contributed by atoms with van der Waals surface area (Å²) >= 11 is 1.24. The first-order valence-corrected chi connectivity index (χ1v) is 8.83. The molecule has 0 unspecified atom stereocenters. The van der Waals surface area contributed by atoms with E-state index >= 15 is 0 Å². The Morgan fingerprint density at radius 1 is 1.19 bits per heavy atom. The first-order chi connectivity index (χ1) is 10.1. The van der Waals surface area contributed by atoms with E-state index < -0.39 is 5.97 Å².